The topological polar surface area (TPSA) is 46.6 Å². The second-order valence-electron chi connectivity index (χ2n) is 5.23. The molecule has 1 rings (SSSR count). The van der Waals surface area contributed by atoms with E-state index in [4.69, 9.17) is 4.74 Å². The maximum Gasteiger partial charge on any atom is 0.410 e. The highest BCUT2D eigenvalue weighted by Crippen LogP contribution is 2.20. The third-order valence-corrected chi connectivity index (χ3v) is 2.63. The molecule has 1 saturated heterocycles. The number of nitrogens with zero attached hydrogens (tertiary/aromatic N) is 1. The van der Waals surface area contributed by atoms with E-state index >= 15 is 0 Å². The van der Waals surface area contributed by atoms with E-state index in [9.17, 15) is 9.59 Å². The Kier molecular flexibility index (Phi) is 3.94. The number of rotatable bonds is 1. The van der Waals surface area contributed by atoms with Gasteiger partial charge in [-0.1, -0.05) is 6.92 Å². The molecular weight excluding hydrogens is 206 g/mol. The first-order valence-corrected chi connectivity index (χ1v) is 5.85. The Morgan fingerprint density at radius 2 is 2.12 bits per heavy atom. The maximum absolute atomic E-state index is 11.9. The fraction of sp³-hybridized carbons (Fsp3) is 0.833. The Morgan fingerprint density at radius 1 is 1.50 bits per heavy atom. The summed E-state index contributed by atoms with van der Waals surface area (Å²) in [6.07, 6.45) is 1.42. The van der Waals surface area contributed by atoms with Crippen LogP contribution in [0.5, 0.6) is 0 Å². The molecule has 1 aliphatic rings. The average Bonchev–Trinajstić information content (AvgIpc) is 2.14. The largest absolute Gasteiger partial charge is 0.444 e. The summed E-state index contributed by atoms with van der Waals surface area (Å²) in [6, 6.07) is 0.0103. The zero-order chi connectivity index (χ0) is 12.3. The van der Waals surface area contributed by atoms with Gasteiger partial charge in [0.25, 0.3) is 0 Å². The molecule has 1 fully saturated rings. The standard InChI is InChI=1S/C12H21NO3/c1-5-9-8-10(14)6-7-13(9)11(15)16-12(2,3)4/h9H,5-8H2,1-4H3/t9-/m1/s1. The number of hydrogen-bond donors (Lipinski definition) is 0. The number of Topliss-reactive ketones (excluding diaryl/α,β-unsaturated/α-hetero) is 1. The molecule has 0 radical (unpaired) electrons. The third-order valence-electron chi connectivity index (χ3n) is 2.63. The van der Waals surface area contributed by atoms with E-state index in [1.807, 2.05) is 27.7 Å². The fourth-order valence-corrected chi connectivity index (χ4v) is 1.83. The molecular formula is C12H21NO3. The lowest BCUT2D eigenvalue weighted by Gasteiger charge is -2.35. The average molecular weight is 227 g/mol. The van der Waals surface area contributed by atoms with Crippen molar-refractivity contribution in [3.05, 3.63) is 0 Å². The zero-order valence-corrected chi connectivity index (χ0v) is 10.6. The van der Waals surface area contributed by atoms with Gasteiger partial charge in [0.05, 0.1) is 0 Å². The Labute approximate surface area is 96.9 Å². The molecule has 0 aliphatic carbocycles. The van der Waals surface area contributed by atoms with Gasteiger partial charge < -0.3 is 9.64 Å². The van der Waals surface area contributed by atoms with Crippen molar-refractivity contribution in [1.82, 2.24) is 4.90 Å². The second kappa shape index (κ2) is 4.85. The lowest BCUT2D eigenvalue weighted by atomic mass is 9.99. The number of likely N-dealkylation sites (tertiary alicyclic amines) is 1. The number of hydrogen-bond acceptors (Lipinski definition) is 3. The summed E-state index contributed by atoms with van der Waals surface area (Å²) in [7, 11) is 0. The highest BCUT2D eigenvalue weighted by atomic mass is 16.6. The van der Waals surface area contributed by atoms with Gasteiger partial charge in [-0.3, -0.25) is 4.79 Å². The smallest absolute Gasteiger partial charge is 0.410 e. The minimum atomic E-state index is -0.475. The van der Waals surface area contributed by atoms with Crippen LogP contribution in [0.2, 0.25) is 0 Å². The summed E-state index contributed by atoms with van der Waals surface area (Å²) in [5, 5.41) is 0. The van der Waals surface area contributed by atoms with Crippen LogP contribution >= 0.6 is 0 Å². The maximum atomic E-state index is 11.9. The van der Waals surface area contributed by atoms with Crippen molar-refractivity contribution in [3.63, 3.8) is 0 Å². The van der Waals surface area contributed by atoms with Crippen molar-refractivity contribution in [3.8, 4) is 0 Å². The first-order valence-electron chi connectivity index (χ1n) is 5.85. The van der Waals surface area contributed by atoms with Crippen molar-refractivity contribution in [2.24, 2.45) is 0 Å². The lowest BCUT2D eigenvalue weighted by Crippen LogP contribution is -2.48. The molecule has 92 valence electrons. The van der Waals surface area contributed by atoms with Gasteiger partial charge in [0.2, 0.25) is 0 Å². The predicted molar refractivity (Wildman–Crippen MR) is 61.3 cm³/mol. The van der Waals surface area contributed by atoms with Gasteiger partial charge in [0.15, 0.2) is 0 Å². The first kappa shape index (κ1) is 13.0. The van der Waals surface area contributed by atoms with E-state index in [2.05, 4.69) is 0 Å². The number of ether oxygens (including phenoxy) is 1. The van der Waals surface area contributed by atoms with Crippen molar-refractivity contribution in [2.75, 3.05) is 6.54 Å². The molecule has 0 spiro atoms. The minimum absolute atomic E-state index is 0.0103. The Bertz CT molecular complexity index is 280. The van der Waals surface area contributed by atoms with E-state index in [0.717, 1.165) is 6.42 Å². The molecule has 1 amide bonds. The van der Waals surface area contributed by atoms with Gasteiger partial charge in [-0.05, 0) is 27.2 Å². The first-order chi connectivity index (χ1) is 7.33. The van der Waals surface area contributed by atoms with Crippen LogP contribution in [0.25, 0.3) is 0 Å². The number of ketones is 1. The third kappa shape index (κ3) is 3.51. The van der Waals surface area contributed by atoms with E-state index < -0.39 is 5.60 Å². The van der Waals surface area contributed by atoms with E-state index in [1.54, 1.807) is 4.90 Å². The van der Waals surface area contributed by atoms with E-state index in [1.165, 1.54) is 0 Å². The molecule has 1 heterocycles. The summed E-state index contributed by atoms with van der Waals surface area (Å²) in [4.78, 5) is 24.9. The highest BCUT2D eigenvalue weighted by molar-refractivity contribution is 5.82. The van der Waals surface area contributed by atoms with Crippen LogP contribution in [-0.2, 0) is 9.53 Å². The summed E-state index contributed by atoms with van der Waals surface area (Å²) in [5.41, 5.74) is -0.475. The number of amides is 1. The van der Waals surface area contributed by atoms with Crippen LogP contribution in [0.3, 0.4) is 0 Å². The quantitative estimate of drug-likeness (QED) is 0.691. The van der Waals surface area contributed by atoms with Crippen molar-refractivity contribution < 1.29 is 14.3 Å². The van der Waals surface area contributed by atoms with Gasteiger partial charge in [-0.15, -0.1) is 0 Å². The fourth-order valence-electron chi connectivity index (χ4n) is 1.83. The van der Waals surface area contributed by atoms with Crippen molar-refractivity contribution in [1.29, 1.82) is 0 Å². The number of carbonyl (C=O) groups is 2. The monoisotopic (exact) mass is 227 g/mol. The molecule has 0 aromatic carbocycles. The van der Waals surface area contributed by atoms with Crippen molar-refractivity contribution in [2.45, 2.75) is 58.6 Å². The minimum Gasteiger partial charge on any atom is -0.444 e. The molecule has 0 N–H and O–H groups in total. The van der Waals surface area contributed by atoms with Crippen molar-refractivity contribution >= 4 is 11.9 Å². The van der Waals surface area contributed by atoms with Crippen LogP contribution in [0.15, 0.2) is 0 Å². The van der Waals surface area contributed by atoms with Crippen LogP contribution in [0.4, 0.5) is 4.79 Å². The van der Waals surface area contributed by atoms with Crippen LogP contribution in [0, 0.1) is 0 Å². The summed E-state index contributed by atoms with van der Waals surface area (Å²) in [6.45, 7) is 8.02. The highest BCUT2D eigenvalue weighted by Gasteiger charge is 2.32. The SMILES string of the molecule is CC[C@@H]1CC(=O)CCN1C(=O)OC(C)(C)C. The summed E-state index contributed by atoms with van der Waals surface area (Å²) < 4.78 is 5.32. The number of piperidine rings is 1. The molecule has 0 aromatic rings. The van der Waals surface area contributed by atoms with Crippen LogP contribution < -0.4 is 0 Å². The predicted octanol–water partition coefficient (Wildman–Crippen LogP) is 2.37. The molecule has 4 heteroatoms. The van der Waals surface area contributed by atoms with Gasteiger partial charge >= 0.3 is 6.09 Å². The molecule has 4 nitrogen and oxygen atoms in total. The van der Waals surface area contributed by atoms with Gasteiger partial charge in [0, 0.05) is 25.4 Å². The van der Waals surface area contributed by atoms with Gasteiger partial charge in [-0.2, -0.15) is 0 Å². The second-order valence-corrected chi connectivity index (χ2v) is 5.23. The Morgan fingerprint density at radius 3 is 2.62 bits per heavy atom. The molecule has 1 aliphatic heterocycles. The van der Waals surface area contributed by atoms with E-state index in [-0.39, 0.29) is 17.9 Å². The zero-order valence-electron chi connectivity index (χ0n) is 10.6. The molecule has 0 saturated carbocycles. The molecule has 0 bridgehead atoms. The summed E-state index contributed by atoms with van der Waals surface area (Å²) >= 11 is 0. The van der Waals surface area contributed by atoms with E-state index in [0.29, 0.717) is 19.4 Å². The molecule has 1 atom stereocenters. The lowest BCUT2D eigenvalue weighted by molar-refractivity contribution is -0.122. The summed E-state index contributed by atoms with van der Waals surface area (Å²) in [5.74, 6) is 0.242. The van der Waals surface area contributed by atoms with Gasteiger partial charge in [-0.25, -0.2) is 4.79 Å². The molecule has 0 aromatic heterocycles. The van der Waals surface area contributed by atoms with Crippen LogP contribution in [0.1, 0.15) is 47.0 Å². The molecule has 0 unspecified atom stereocenters. The Hall–Kier alpha value is -1.06. The number of carbonyl (C=O) groups excluding carboxylic acids is 2. The molecule has 16 heavy (non-hydrogen) atoms. The van der Waals surface area contributed by atoms with Crippen LogP contribution in [-0.4, -0.2) is 35.0 Å². The normalized spacial score (nSPS) is 22.1. The Balaban J connectivity index is 2.64. The van der Waals surface area contributed by atoms with Gasteiger partial charge in [0.1, 0.15) is 11.4 Å².